The minimum Gasteiger partial charge on any atom is -0.337 e. The molecule has 3 heterocycles. The largest absolute Gasteiger partial charge is 0.337 e. The van der Waals surface area contributed by atoms with E-state index in [9.17, 15) is 9.59 Å². The molecule has 2 fully saturated rings. The number of benzene rings is 1. The topological polar surface area (TPSA) is 98.0 Å². The monoisotopic (exact) mass is 456 g/mol. The molecule has 1 aliphatic heterocycles. The number of aromatic nitrogens is 3. The molecule has 3 aromatic rings. The number of rotatable bonds is 5. The Hall–Kier alpha value is -3.70. The van der Waals surface area contributed by atoms with Crippen LogP contribution in [0.15, 0.2) is 47.5 Å². The lowest BCUT2D eigenvalue weighted by molar-refractivity contribution is 0.0600. The zero-order valence-electron chi connectivity index (χ0n) is 19.5. The summed E-state index contributed by atoms with van der Waals surface area (Å²) in [7, 11) is 2.17. The van der Waals surface area contributed by atoms with Crippen molar-refractivity contribution in [3.63, 3.8) is 0 Å². The van der Waals surface area contributed by atoms with Crippen LogP contribution in [0.4, 0.5) is 0 Å². The maximum absolute atomic E-state index is 13.1. The van der Waals surface area contributed by atoms with Crippen LogP contribution < -0.4 is 5.56 Å². The van der Waals surface area contributed by atoms with Crippen LogP contribution in [0.5, 0.6) is 0 Å². The fourth-order valence-corrected chi connectivity index (χ4v) is 4.85. The fourth-order valence-electron chi connectivity index (χ4n) is 4.85. The van der Waals surface area contributed by atoms with Gasteiger partial charge in [-0.3, -0.25) is 19.6 Å². The third-order valence-corrected chi connectivity index (χ3v) is 7.02. The molecule has 1 atom stereocenters. The molecule has 2 aliphatic rings. The number of nitrogens with one attached hydrogen (secondary N) is 1. The summed E-state index contributed by atoms with van der Waals surface area (Å²) >= 11 is 0. The molecule has 2 aromatic heterocycles. The standard InChI is InChI=1S/C26H28N6O2/c1-17-12-18(13-27)5-9-22(17)23-15-29-32(26(23)34)24-10-6-19(14-28-24)25(33)31-11-3-4-21(16-31)30(2)20-7-8-20/h5-6,9-10,12,14-15,20-21,29H,3-4,7-8,11,16H2,1-2H3/t21-/m1/s1. The van der Waals surface area contributed by atoms with E-state index in [2.05, 4.69) is 28.1 Å². The highest BCUT2D eigenvalue weighted by molar-refractivity contribution is 5.94. The molecular formula is C26H28N6O2. The van der Waals surface area contributed by atoms with Gasteiger partial charge >= 0.3 is 0 Å². The summed E-state index contributed by atoms with van der Waals surface area (Å²) in [6.45, 7) is 3.38. The number of pyridine rings is 1. The van der Waals surface area contributed by atoms with E-state index in [4.69, 9.17) is 5.26 Å². The number of likely N-dealkylation sites (N-methyl/N-ethyl adjacent to an activating group) is 1. The van der Waals surface area contributed by atoms with Gasteiger partial charge < -0.3 is 4.90 Å². The van der Waals surface area contributed by atoms with Gasteiger partial charge in [-0.2, -0.15) is 5.26 Å². The Kier molecular flexibility index (Phi) is 5.80. The van der Waals surface area contributed by atoms with Crippen LogP contribution in [-0.2, 0) is 0 Å². The van der Waals surface area contributed by atoms with Crippen LogP contribution >= 0.6 is 0 Å². The number of aromatic amines is 1. The van der Waals surface area contributed by atoms with Gasteiger partial charge in [0.1, 0.15) is 0 Å². The highest BCUT2D eigenvalue weighted by atomic mass is 16.2. The maximum Gasteiger partial charge on any atom is 0.280 e. The number of piperidine rings is 1. The Labute approximate surface area is 198 Å². The molecule has 0 unspecified atom stereocenters. The average Bonchev–Trinajstić information content (AvgIpc) is 3.65. The van der Waals surface area contributed by atoms with Gasteiger partial charge in [0, 0.05) is 37.6 Å². The summed E-state index contributed by atoms with van der Waals surface area (Å²) in [6.07, 6.45) is 7.85. The number of carbonyl (C=O) groups excluding carboxylic acids is 1. The third-order valence-electron chi connectivity index (χ3n) is 7.02. The predicted octanol–water partition coefficient (Wildman–Crippen LogP) is 3.11. The minimum atomic E-state index is -0.235. The molecule has 8 heteroatoms. The Balaban J connectivity index is 1.33. The van der Waals surface area contributed by atoms with Crippen molar-refractivity contribution in [2.24, 2.45) is 0 Å². The van der Waals surface area contributed by atoms with E-state index in [0.29, 0.717) is 34.6 Å². The van der Waals surface area contributed by atoms with Crippen LogP contribution in [0.25, 0.3) is 16.9 Å². The van der Waals surface area contributed by atoms with Gasteiger partial charge in [0.05, 0.1) is 22.8 Å². The Morgan fingerprint density at radius 1 is 1.18 bits per heavy atom. The van der Waals surface area contributed by atoms with E-state index < -0.39 is 0 Å². The lowest BCUT2D eigenvalue weighted by atomic mass is 10.0. The second-order valence-corrected chi connectivity index (χ2v) is 9.32. The summed E-state index contributed by atoms with van der Waals surface area (Å²) in [6, 6.07) is 11.9. The van der Waals surface area contributed by atoms with Crippen molar-refractivity contribution in [2.45, 2.75) is 44.7 Å². The van der Waals surface area contributed by atoms with Crippen LogP contribution in [-0.4, -0.2) is 62.7 Å². The number of amides is 1. The van der Waals surface area contributed by atoms with Gasteiger partial charge in [0.2, 0.25) is 0 Å². The molecule has 1 aromatic carbocycles. The molecule has 1 amide bonds. The quantitative estimate of drug-likeness (QED) is 0.636. The molecule has 1 saturated heterocycles. The number of nitrogens with zero attached hydrogens (tertiary/aromatic N) is 5. The van der Waals surface area contributed by atoms with Crippen LogP contribution in [0.1, 0.15) is 47.2 Å². The van der Waals surface area contributed by atoms with Gasteiger partial charge in [-0.25, -0.2) is 9.67 Å². The Morgan fingerprint density at radius 2 is 2.00 bits per heavy atom. The van der Waals surface area contributed by atoms with Crippen molar-refractivity contribution in [3.8, 4) is 23.0 Å². The number of likely N-dealkylation sites (tertiary alicyclic amines) is 1. The molecule has 34 heavy (non-hydrogen) atoms. The van der Waals surface area contributed by atoms with Gasteiger partial charge in [-0.15, -0.1) is 0 Å². The summed E-state index contributed by atoms with van der Waals surface area (Å²) in [4.78, 5) is 34.9. The van der Waals surface area contributed by atoms with E-state index in [-0.39, 0.29) is 11.5 Å². The summed E-state index contributed by atoms with van der Waals surface area (Å²) in [5, 5.41) is 12.0. The molecule has 5 rings (SSSR count). The minimum absolute atomic E-state index is 0.0133. The second-order valence-electron chi connectivity index (χ2n) is 9.32. The molecule has 1 saturated carbocycles. The van der Waals surface area contributed by atoms with Crippen molar-refractivity contribution in [2.75, 3.05) is 20.1 Å². The van der Waals surface area contributed by atoms with Crippen molar-refractivity contribution in [1.82, 2.24) is 24.6 Å². The maximum atomic E-state index is 13.1. The number of nitriles is 1. The lowest BCUT2D eigenvalue weighted by Crippen LogP contribution is -2.49. The zero-order chi connectivity index (χ0) is 23.8. The smallest absolute Gasteiger partial charge is 0.280 e. The molecule has 0 radical (unpaired) electrons. The summed E-state index contributed by atoms with van der Waals surface area (Å²) in [5.74, 6) is 0.407. The highest BCUT2D eigenvalue weighted by Crippen LogP contribution is 2.30. The Bertz CT molecular complexity index is 1310. The number of H-pyrrole nitrogens is 1. The zero-order valence-corrected chi connectivity index (χ0v) is 19.5. The normalized spacial score (nSPS) is 18.2. The molecule has 174 valence electrons. The molecule has 1 aliphatic carbocycles. The second kappa shape index (κ2) is 8.92. The first-order valence-electron chi connectivity index (χ1n) is 11.8. The number of hydrogen-bond donors (Lipinski definition) is 1. The van der Waals surface area contributed by atoms with Crippen LogP contribution in [0.3, 0.4) is 0 Å². The van der Waals surface area contributed by atoms with Gasteiger partial charge in [-0.1, -0.05) is 6.07 Å². The Morgan fingerprint density at radius 3 is 2.68 bits per heavy atom. The van der Waals surface area contributed by atoms with E-state index in [1.54, 1.807) is 42.7 Å². The van der Waals surface area contributed by atoms with E-state index >= 15 is 0 Å². The van der Waals surface area contributed by atoms with Crippen molar-refractivity contribution < 1.29 is 4.79 Å². The van der Waals surface area contributed by atoms with Crippen molar-refractivity contribution in [1.29, 1.82) is 5.26 Å². The third kappa shape index (κ3) is 4.15. The lowest BCUT2D eigenvalue weighted by Gasteiger charge is -2.37. The first kappa shape index (κ1) is 22.1. The summed E-state index contributed by atoms with van der Waals surface area (Å²) in [5.41, 5.74) is 2.97. The highest BCUT2D eigenvalue weighted by Gasteiger charge is 2.34. The van der Waals surface area contributed by atoms with Crippen molar-refractivity contribution in [3.05, 3.63) is 69.8 Å². The fraction of sp³-hybridized carbons (Fsp3) is 0.385. The molecule has 8 nitrogen and oxygen atoms in total. The number of aryl methyl sites for hydroxylation is 1. The molecular weight excluding hydrogens is 428 g/mol. The molecule has 0 spiro atoms. The first-order valence-corrected chi connectivity index (χ1v) is 11.8. The molecule has 0 bridgehead atoms. The van der Waals surface area contributed by atoms with Crippen LogP contribution in [0.2, 0.25) is 0 Å². The van der Waals surface area contributed by atoms with E-state index in [1.165, 1.54) is 17.5 Å². The summed E-state index contributed by atoms with van der Waals surface area (Å²) < 4.78 is 1.36. The number of carbonyl (C=O) groups is 1. The SMILES string of the molecule is Cc1cc(C#N)ccc1-c1c[nH]n(-c2ccc(C(=O)N3CCC[C@@H](N(C)C4CC4)C3)cn2)c1=O. The van der Waals surface area contributed by atoms with E-state index in [0.717, 1.165) is 37.1 Å². The van der Waals surface area contributed by atoms with Gasteiger partial charge in [0.25, 0.3) is 11.5 Å². The first-order chi connectivity index (χ1) is 16.5. The van der Waals surface area contributed by atoms with Crippen LogP contribution in [0, 0.1) is 18.3 Å². The molecule has 1 N–H and O–H groups in total. The number of hydrogen-bond acceptors (Lipinski definition) is 5. The van der Waals surface area contributed by atoms with Gasteiger partial charge in [0.15, 0.2) is 5.82 Å². The van der Waals surface area contributed by atoms with Crippen molar-refractivity contribution >= 4 is 5.91 Å². The van der Waals surface area contributed by atoms with E-state index in [1.807, 2.05) is 11.8 Å². The van der Waals surface area contributed by atoms with Gasteiger partial charge in [-0.05, 0) is 75.0 Å². The average molecular weight is 457 g/mol. The predicted molar refractivity (Wildman–Crippen MR) is 129 cm³/mol.